The SMILES string of the molecule is CC(C)(Cc1ccc(F)c(F)c1)NCC(O)C1Oc2ccc(O)cc2NC1=O. The molecule has 1 aliphatic heterocycles. The van der Waals surface area contributed by atoms with Crippen LogP contribution in [0, 0.1) is 11.6 Å². The number of anilines is 1. The number of hydrogen-bond donors (Lipinski definition) is 4. The van der Waals surface area contributed by atoms with Crippen molar-refractivity contribution in [2.75, 3.05) is 11.9 Å². The molecule has 0 bridgehead atoms. The summed E-state index contributed by atoms with van der Waals surface area (Å²) in [5, 5.41) is 25.6. The molecule has 0 fully saturated rings. The zero-order chi connectivity index (χ0) is 20.5. The summed E-state index contributed by atoms with van der Waals surface area (Å²) >= 11 is 0. The average Bonchev–Trinajstić information content (AvgIpc) is 2.62. The van der Waals surface area contributed by atoms with E-state index in [1.165, 1.54) is 24.3 Å². The molecule has 1 amide bonds. The number of ether oxygens (including phenoxy) is 1. The number of nitrogens with one attached hydrogen (secondary N) is 2. The van der Waals surface area contributed by atoms with E-state index in [0.29, 0.717) is 23.4 Å². The third-order valence-corrected chi connectivity index (χ3v) is 4.50. The third-order valence-electron chi connectivity index (χ3n) is 4.50. The van der Waals surface area contributed by atoms with Crippen molar-refractivity contribution in [1.29, 1.82) is 0 Å². The molecule has 2 aromatic carbocycles. The number of phenols is 1. The van der Waals surface area contributed by atoms with Crippen LogP contribution in [0.2, 0.25) is 0 Å². The zero-order valence-corrected chi connectivity index (χ0v) is 15.5. The first kappa shape index (κ1) is 20.0. The topological polar surface area (TPSA) is 90.8 Å². The lowest BCUT2D eigenvalue weighted by Gasteiger charge is -2.32. The van der Waals surface area contributed by atoms with Gasteiger partial charge >= 0.3 is 0 Å². The first-order chi connectivity index (χ1) is 13.1. The molecule has 0 radical (unpaired) electrons. The predicted molar refractivity (Wildman–Crippen MR) is 99.3 cm³/mol. The number of phenolic OH excluding ortho intramolecular Hbond substituents is 1. The van der Waals surface area contributed by atoms with E-state index in [9.17, 15) is 23.8 Å². The second-order valence-electron chi connectivity index (χ2n) is 7.47. The molecule has 2 unspecified atom stereocenters. The van der Waals surface area contributed by atoms with Gasteiger partial charge in [0.2, 0.25) is 6.10 Å². The van der Waals surface area contributed by atoms with Crippen LogP contribution in [0.4, 0.5) is 14.5 Å². The van der Waals surface area contributed by atoms with Gasteiger partial charge in [-0.3, -0.25) is 4.79 Å². The number of β-amino-alcohol motifs (C(OH)–C–C–N with tert-alkyl or cyclic N) is 1. The number of benzene rings is 2. The Bertz CT molecular complexity index is 889. The summed E-state index contributed by atoms with van der Waals surface area (Å²) in [5.41, 5.74) is 0.381. The van der Waals surface area contributed by atoms with Gasteiger partial charge in [0.25, 0.3) is 5.91 Å². The highest BCUT2D eigenvalue weighted by molar-refractivity contribution is 5.98. The Morgan fingerprint density at radius 2 is 1.96 bits per heavy atom. The molecule has 0 saturated heterocycles. The van der Waals surface area contributed by atoms with Gasteiger partial charge in [-0.15, -0.1) is 0 Å². The van der Waals surface area contributed by atoms with Gasteiger partial charge in [0, 0.05) is 18.2 Å². The summed E-state index contributed by atoms with van der Waals surface area (Å²) in [7, 11) is 0. The minimum atomic E-state index is -1.15. The predicted octanol–water partition coefficient (Wildman–Crippen LogP) is 2.34. The van der Waals surface area contributed by atoms with E-state index in [1.54, 1.807) is 0 Å². The van der Waals surface area contributed by atoms with Crippen LogP contribution in [-0.2, 0) is 11.2 Å². The second kappa shape index (κ2) is 7.73. The van der Waals surface area contributed by atoms with Crippen LogP contribution in [0.5, 0.6) is 11.5 Å². The zero-order valence-electron chi connectivity index (χ0n) is 15.5. The molecule has 150 valence electrons. The maximum absolute atomic E-state index is 13.4. The van der Waals surface area contributed by atoms with Gasteiger partial charge in [0.15, 0.2) is 11.6 Å². The molecular weight excluding hydrogens is 370 g/mol. The fraction of sp³-hybridized carbons (Fsp3) is 0.350. The van der Waals surface area contributed by atoms with Crippen LogP contribution < -0.4 is 15.4 Å². The average molecular weight is 392 g/mol. The molecular formula is C20H22F2N2O4. The highest BCUT2D eigenvalue weighted by Crippen LogP contribution is 2.33. The lowest BCUT2D eigenvalue weighted by atomic mass is 9.94. The van der Waals surface area contributed by atoms with Crippen molar-refractivity contribution in [3.63, 3.8) is 0 Å². The smallest absolute Gasteiger partial charge is 0.268 e. The van der Waals surface area contributed by atoms with Crippen molar-refractivity contribution in [2.24, 2.45) is 0 Å². The quantitative estimate of drug-likeness (QED) is 0.606. The van der Waals surface area contributed by atoms with Gasteiger partial charge < -0.3 is 25.6 Å². The van der Waals surface area contributed by atoms with Gasteiger partial charge in [-0.25, -0.2) is 8.78 Å². The minimum Gasteiger partial charge on any atom is -0.508 e. The molecule has 28 heavy (non-hydrogen) atoms. The number of halogens is 2. The van der Waals surface area contributed by atoms with Gasteiger partial charge in [0.05, 0.1) is 5.69 Å². The van der Waals surface area contributed by atoms with Gasteiger partial charge in [0.1, 0.15) is 17.6 Å². The van der Waals surface area contributed by atoms with Crippen LogP contribution in [0.15, 0.2) is 36.4 Å². The van der Waals surface area contributed by atoms with E-state index in [4.69, 9.17) is 4.74 Å². The molecule has 3 rings (SSSR count). The molecule has 2 atom stereocenters. The fourth-order valence-corrected chi connectivity index (χ4v) is 3.08. The molecule has 0 saturated carbocycles. The van der Waals surface area contributed by atoms with Crippen LogP contribution in [0.25, 0.3) is 0 Å². The minimum absolute atomic E-state index is 0.0118. The molecule has 8 heteroatoms. The standard InChI is InChI=1S/C20H22F2N2O4/c1-20(2,9-11-3-5-13(21)14(22)7-11)23-10-16(26)18-19(27)24-15-8-12(25)4-6-17(15)28-18/h3-8,16,18,23,25-26H,9-10H2,1-2H3,(H,24,27). The van der Waals surface area contributed by atoms with Crippen LogP contribution in [0.3, 0.4) is 0 Å². The van der Waals surface area contributed by atoms with Crippen molar-refractivity contribution in [3.05, 3.63) is 53.6 Å². The molecule has 6 nitrogen and oxygen atoms in total. The summed E-state index contributed by atoms with van der Waals surface area (Å²) in [5.74, 6) is -2.00. The fourth-order valence-electron chi connectivity index (χ4n) is 3.08. The number of carbonyl (C=O) groups is 1. The van der Waals surface area contributed by atoms with Crippen molar-refractivity contribution in [2.45, 2.75) is 38.0 Å². The number of amides is 1. The van der Waals surface area contributed by atoms with E-state index in [1.807, 2.05) is 13.8 Å². The Labute approximate surface area is 161 Å². The van der Waals surface area contributed by atoms with Crippen molar-refractivity contribution < 1.29 is 28.5 Å². The maximum atomic E-state index is 13.4. The van der Waals surface area contributed by atoms with E-state index in [0.717, 1.165) is 12.1 Å². The maximum Gasteiger partial charge on any atom is 0.268 e. The molecule has 1 heterocycles. The molecule has 0 aliphatic carbocycles. The van der Waals surface area contributed by atoms with Crippen molar-refractivity contribution >= 4 is 11.6 Å². The molecule has 0 spiro atoms. The Kier molecular flexibility index (Phi) is 5.53. The first-order valence-corrected chi connectivity index (χ1v) is 8.82. The Balaban J connectivity index is 1.61. The van der Waals surface area contributed by atoms with Gasteiger partial charge in [-0.1, -0.05) is 6.07 Å². The highest BCUT2D eigenvalue weighted by atomic mass is 19.2. The number of aliphatic hydroxyl groups is 1. The number of carbonyl (C=O) groups excluding carboxylic acids is 1. The van der Waals surface area contributed by atoms with Crippen LogP contribution in [-0.4, -0.2) is 40.4 Å². The van der Waals surface area contributed by atoms with E-state index < -0.39 is 35.3 Å². The van der Waals surface area contributed by atoms with Crippen molar-refractivity contribution in [1.82, 2.24) is 5.32 Å². The molecule has 1 aliphatic rings. The van der Waals surface area contributed by atoms with E-state index in [2.05, 4.69) is 10.6 Å². The third kappa shape index (κ3) is 4.58. The van der Waals surface area contributed by atoms with Crippen molar-refractivity contribution in [3.8, 4) is 11.5 Å². The van der Waals surface area contributed by atoms with Gasteiger partial charge in [-0.05, 0) is 50.1 Å². The summed E-state index contributed by atoms with van der Waals surface area (Å²) in [4.78, 5) is 12.2. The van der Waals surface area contributed by atoms with Crippen LogP contribution >= 0.6 is 0 Å². The summed E-state index contributed by atoms with van der Waals surface area (Å²) in [6.45, 7) is 3.74. The largest absolute Gasteiger partial charge is 0.508 e. The number of hydrogen-bond acceptors (Lipinski definition) is 5. The summed E-state index contributed by atoms with van der Waals surface area (Å²) < 4.78 is 32.0. The van der Waals surface area contributed by atoms with Gasteiger partial charge in [-0.2, -0.15) is 0 Å². The van der Waals surface area contributed by atoms with Crippen LogP contribution in [0.1, 0.15) is 19.4 Å². The lowest BCUT2D eigenvalue weighted by molar-refractivity contribution is -0.128. The second-order valence-corrected chi connectivity index (χ2v) is 7.47. The summed E-state index contributed by atoms with van der Waals surface area (Å²) in [6, 6.07) is 8.00. The van der Waals surface area contributed by atoms with E-state index in [-0.39, 0.29) is 12.3 Å². The molecule has 2 aromatic rings. The Morgan fingerprint density at radius 3 is 2.68 bits per heavy atom. The Hall–Kier alpha value is -2.71. The normalized spacial score (nSPS) is 17.5. The number of aromatic hydroxyl groups is 1. The number of fused-ring (bicyclic) bond motifs is 1. The van der Waals surface area contributed by atoms with E-state index >= 15 is 0 Å². The number of rotatable bonds is 6. The Morgan fingerprint density at radius 1 is 1.21 bits per heavy atom. The number of aliphatic hydroxyl groups excluding tert-OH is 1. The highest BCUT2D eigenvalue weighted by Gasteiger charge is 2.34. The lowest BCUT2D eigenvalue weighted by Crippen LogP contribution is -2.53. The monoisotopic (exact) mass is 392 g/mol. The first-order valence-electron chi connectivity index (χ1n) is 8.82. The summed E-state index contributed by atoms with van der Waals surface area (Å²) in [6.07, 6.45) is -1.88. The molecule has 4 N–H and O–H groups in total. The molecule has 0 aromatic heterocycles.